The summed E-state index contributed by atoms with van der Waals surface area (Å²) in [6.07, 6.45) is -4.64. The molecule has 38 heavy (non-hydrogen) atoms. The van der Waals surface area contributed by atoms with Crippen LogP contribution in [0, 0.1) is 13.8 Å². The highest BCUT2D eigenvalue weighted by Gasteiger charge is 2.35. The summed E-state index contributed by atoms with van der Waals surface area (Å²) in [6, 6.07) is 18.9. The standard InChI is InChI=1S/C27H28F3N5O2S/c1-18-7-8-19(2)24(15-18)25-17-26(27(28,29)30)33-35(25)22-9-11-23(12-10-22)38(36,37)34-21-6-4-5-20(16-21)32-14-13-31-3/h4-12,15-17,31-32,34H,13-14H2,1-3H3. The van der Waals surface area contributed by atoms with Crippen LogP contribution in [0.3, 0.4) is 0 Å². The molecule has 0 saturated heterocycles. The Balaban J connectivity index is 1.65. The van der Waals surface area contributed by atoms with E-state index in [9.17, 15) is 21.6 Å². The van der Waals surface area contributed by atoms with Gasteiger partial charge < -0.3 is 10.6 Å². The van der Waals surface area contributed by atoms with Crippen molar-refractivity contribution in [1.82, 2.24) is 15.1 Å². The van der Waals surface area contributed by atoms with Crippen LogP contribution in [-0.4, -0.2) is 38.3 Å². The van der Waals surface area contributed by atoms with E-state index in [-0.39, 0.29) is 10.6 Å². The van der Waals surface area contributed by atoms with Crippen LogP contribution in [-0.2, 0) is 16.2 Å². The van der Waals surface area contributed by atoms with Gasteiger partial charge in [0, 0.05) is 24.3 Å². The number of likely N-dealkylation sites (N-methyl/N-ethyl adjacent to an activating group) is 1. The average molecular weight is 544 g/mol. The molecule has 0 aliphatic heterocycles. The van der Waals surface area contributed by atoms with Gasteiger partial charge in [0.15, 0.2) is 5.69 Å². The van der Waals surface area contributed by atoms with Gasteiger partial charge in [0.25, 0.3) is 10.0 Å². The van der Waals surface area contributed by atoms with Crippen LogP contribution in [0.5, 0.6) is 0 Å². The van der Waals surface area contributed by atoms with Gasteiger partial charge in [0.2, 0.25) is 0 Å². The molecule has 200 valence electrons. The SMILES string of the molecule is CNCCNc1cccc(NS(=O)(=O)c2ccc(-n3nc(C(F)(F)F)cc3-c3cc(C)ccc3C)cc2)c1. The summed E-state index contributed by atoms with van der Waals surface area (Å²) >= 11 is 0. The Morgan fingerprint density at radius 3 is 2.29 bits per heavy atom. The number of rotatable bonds is 9. The molecule has 0 unspecified atom stereocenters. The number of benzene rings is 3. The molecule has 1 aromatic heterocycles. The molecule has 0 fully saturated rings. The maximum Gasteiger partial charge on any atom is 0.435 e. The van der Waals surface area contributed by atoms with E-state index in [1.165, 1.54) is 28.9 Å². The summed E-state index contributed by atoms with van der Waals surface area (Å²) in [7, 11) is -2.11. The van der Waals surface area contributed by atoms with Crippen molar-refractivity contribution in [2.75, 3.05) is 30.2 Å². The number of nitrogens with one attached hydrogen (secondary N) is 3. The van der Waals surface area contributed by atoms with E-state index in [1.807, 2.05) is 39.1 Å². The largest absolute Gasteiger partial charge is 0.435 e. The van der Waals surface area contributed by atoms with Crippen molar-refractivity contribution in [1.29, 1.82) is 0 Å². The summed E-state index contributed by atoms with van der Waals surface area (Å²) in [5.41, 5.74) is 2.94. The molecule has 0 aliphatic rings. The Morgan fingerprint density at radius 2 is 1.61 bits per heavy atom. The lowest BCUT2D eigenvalue weighted by Gasteiger charge is -2.13. The fourth-order valence-corrected chi connectivity index (χ4v) is 4.97. The normalized spacial score (nSPS) is 11.9. The van der Waals surface area contributed by atoms with Gasteiger partial charge in [-0.25, -0.2) is 13.1 Å². The third-order valence-electron chi connectivity index (χ3n) is 5.88. The molecule has 0 spiro atoms. The monoisotopic (exact) mass is 543 g/mol. The number of alkyl halides is 3. The maximum atomic E-state index is 13.6. The van der Waals surface area contributed by atoms with Crippen molar-refractivity contribution in [2.24, 2.45) is 0 Å². The van der Waals surface area contributed by atoms with E-state index in [0.29, 0.717) is 23.5 Å². The van der Waals surface area contributed by atoms with E-state index in [0.717, 1.165) is 29.4 Å². The highest BCUT2D eigenvalue weighted by Crippen LogP contribution is 2.35. The first-order chi connectivity index (χ1) is 18.0. The zero-order valence-electron chi connectivity index (χ0n) is 21.1. The third kappa shape index (κ3) is 6.17. The number of aryl methyl sites for hydroxylation is 2. The van der Waals surface area contributed by atoms with Gasteiger partial charge in [-0.1, -0.05) is 23.8 Å². The van der Waals surface area contributed by atoms with Crippen LogP contribution in [0.4, 0.5) is 24.5 Å². The van der Waals surface area contributed by atoms with Crippen molar-refractivity contribution >= 4 is 21.4 Å². The van der Waals surface area contributed by atoms with Crippen LogP contribution in [0.1, 0.15) is 16.8 Å². The molecular formula is C27H28F3N5O2S. The first kappa shape index (κ1) is 27.2. The molecular weight excluding hydrogens is 515 g/mol. The Hall–Kier alpha value is -3.83. The van der Waals surface area contributed by atoms with Gasteiger partial charge in [-0.3, -0.25) is 4.72 Å². The van der Waals surface area contributed by atoms with E-state index >= 15 is 0 Å². The molecule has 11 heteroatoms. The Kier molecular flexibility index (Phi) is 7.79. The molecule has 4 rings (SSSR count). The predicted molar refractivity (Wildman–Crippen MR) is 143 cm³/mol. The van der Waals surface area contributed by atoms with Crippen molar-refractivity contribution in [3.8, 4) is 16.9 Å². The van der Waals surface area contributed by atoms with E-state index in [1.54, 1.807) is 24.3 Å². The van der Waals surface area contributed by atoms with Crippen LogP contribution in [0.25, 0.3) is 16.9 Å². The van der Waals surface area contributed by atoms with Gasteiger partial charge in [-0.2, -0.15) is 18.3 Å². The summed E-state index contributed by atoms with van der Waals surface area (Å²) in [5, 5.41) is 10.0. The van der Waals surface area contributed by atoms with E-state index in [4.69, 9.17) is 0 Å². The first-order valence-corrected chi connectivity index (χ1v) is 13.3. The Bertz CT molecular complexity index is 1530. The summed E-state index contributed by atoms with van der Waals surface area (Å²) in [6.45, 7) is 5.08. The fourth-order valence-electron chi connectivity index (χ4n) is 3.93. The van der Waals surface area contributed by atoms with Gasteiger partial charge in [0.1, 0.15) is 0 Å². The van der Waals surface area contributed by atoms with Crippen LogP contribution in [0.15, 0.2) is 77.7 Å². The van der Waals surface area contributed by atoms with Gasteiger partial charge >= 0.3 is 6.18 Å². The van der Waals surface area contributed by atoms with Gasteiger partial charge in [-0.05, 0) is 81.1 Å². The van der Waals surface area contributed by atoms with Crippen molar-refractivity contribution in [3.05, 3.63) is 89.6 Å². The van der Waals surface area contributed by atoms with Crippen LogP contribution < -0.4 is 15.4 Å². The van der Waals surface area contributed by atoms with Crippen molar-refractivity contribution in [3.63, 3.8) is 0 Å². The predicted octanol–water partition coefficient (Wildman–Crippen LogP) is 5.61. The topological polar surface area (TPSA) is 88.0 Å². The van der Waals surface area contributed by atoms with E-state index in [2.05, 4.69) is 20.5 Å². The van der Waals surface area contributed by atoms with Crippen LogP contribution >= 0.6 is 0 Å². The van der Waals surface area contributed by atoms with Crippen molar-refractivity contribution < 1.29 is 21.6 Å². The fraction of sp³-hybridized carbons (Fsp3) is 0.222. The number of hydrogen-bond acceptors (Lipinski definition) is 5. The molecule has 0 radical (unpaired) electrons. The lowest BCUT2D eigenvalue weighted by Crippen LogP contribution is -2.18. The molecule has 4 aromatic rings. The lowest BCUT2D eigenvalue weighted by molar-refractivity contribution is -0.141. The molecule has 0 aliphatic carbocycles. The summed E-state index contributed by atoms with van der Waals surface area (Å²) < 4.78 is 70.5. The average Bonchev–Trinajstić information content (AvgIpc) is 3.32. The van der Waals surface area contributed by atoms with Gasteiger partial charge in [0.05, 0.1) is 22.0 Å². The summed E-state index contributed by atoms with van der Waals surface area (Å²) in [5.74, 6) is 0. The Labute approximate surface area is 219 Å². The number of aromatic nitrogens is 2. The zero-order chi connectivity index (χ0) is 27.5. The molecule has 0 atom stereocenters. The number of nitrogens with zero attached hydrogens (tertiary/aromatic N) is 2. The molecule has 0 saturated carbocycles. The van der Waals surface area contributed by atoms with E-state index < -0.39 is 21.9 Å². The highest BCUT2D eigenvalue weighted by atomic mass is 32.2. The van der Waals surface area contributed by atoms with Gasteiger partial charge in [-0.15, -0.1) is 0 Å². The number of sulfonamides is 1. The maximum absolute atomic E-state index is 13.6. The highest BCUT2D eigenvalue weighted by molar-refractivity contribution is 7.92. The zero-order valence-corrected chi connectivity index (χ0v) is 21.9. The lowest BCUT2D eigenvalue weighted by atomic mass is 10.0. The molecule has 0 amide bonds. The second kappa shape index (κ2) is 10.9. The summed E-state index contributed by atoms with van der Waals surface area (Å²) in [4.78, 5) is -0.0358. The molecule has 3 aromatic carbocycles. The second-order valence-electron chi connectivity index (χ2n) is 8.85. The quantitative estimate of drug-likeness (QED) is 0.239. The Morgan fingerprint density at radius 1 is 0.895 bits per heavy atom. The smallest absolute Gasteiger partial charge is 0.384 e. The molecule has 1 heterocycles. The number of halogens is 3. The number of anilines is 2. The first-order valence-electron chi connectivity index (χ1n) is 11.8. The minimum atomic E-state index is -4.64. The molecule has 0 bridgehead atoms. The molecule has 7 nitrogen and oxygen atoms in total. The minimum absolute atomic E-state index is 0.0358. The third-order valence-corrected chi connectivity index (χ3v) is 7.28. The molecule has 3 N–H and O–H groups in total. The minimum Gasteiger partial charge on any atom is -0.384 e. The van der Waals surface area contributed by atoms with Crippen molar-refractivity contribution in [2.45, 2.75) is 24.9 Å². The number of hydrogen-bond donors (Lipinski definition) is 3. The second-order valence-corrected chi connectivity index (χ2v) is 10.5. The van der Waals surface area contributed by atoms with Crippen LogP contribution in [0.2, 0.25) is 0 Å².